The number of hydrogen-bond acceptors (Lipinski definition) is 4. The third-order valence-electron chi connectivity index (χ3n) is 5.67. The molecule has 0 fully saturated rings. The topological polar surface area (TPSA) is 85.1 Å². The van der Waals surface area contributed by atoms with Crippen molar-refractivity contribution in [1.29, 1.82) is 0 Å². The van der Waals surface area contributed by atoms with Crippen LogP contribution in [0.25, 0.3) is 22.4 Å². The molecule has 0 unspecified atom stereocenters. The summed E-state index contributed by atoms with van der Waals surface area (Å²) in [5.74, 6) is -0.417. The minimum Gasteiger partial charge on any atom is -0.341 e. The molecule has 4 rings (SSSR count). The van der Waals surface area contributed by atoms with E-state index in [1.165, 1.54) is 13.0 Å². The second kappa shape index (κ2) is 9.46. The van der Waals surface area contributed by atoms with Gasteiger partial charge in [-0.2, -0.15) is 5.10 Å². The fourth-order valence-electron chi connectivity index (χ4n) is 4.05. The van der Waals surface area contributed by atoms with Crippen molar-refractivity contribution in [3.63, 3.8) is 0 Å². The van der Waals surface area contributed by atoms with Crippen LogP contribution >= 0.6 is 0 Å². The molecule has 0 radical (unpaired) electrons. The van der Waals surface area contributed by atoms with E-state index >= 15 is 0 Å². The first-order valence-electron chi connectivity index (χ1n) is 11.1. The van der Waals surface area contributed by atoms with Gasteiger partial charge < -0.3 is 14.8 Å². The number of carbonyl (C=O) groups excluding carboxylic acids is 2. The number of nitrogens with zero attached hydrogens (tertiary/aromatic N) is 5. The number of rotatable bonds is 7. The molecular formula is C25H27FN6O2. The zero-order chi connectivity index (χ0) is 24.4. The molecule has 2 amide bonds. The van der Waals surface area contributed by atoms with Crippen LogP contribution in [0.5, 0.6) is 0 Å². The van der Waals surface area contributed by atoms with Gasteiger partial charge in [-0.05, 0) is 43.2 Å². The Morgan fingerprint density at radius 1 is 1.21 bits per heavy atom. The fraction of sp³-hybridized carbons (Fsp3) is 0.280. The van der Waals surface area contributed by atoms with Gasteiger partial charge in [0.1, 0.15) is 11.6 Å². The Bertz CT molecular complexity index is 1370. The van der Waals surface area contributed by atoms with E-state index in [2.05, 4.69) is 15.4 Å². The lowest BCUT2D eigenvalue weighted by Gasteiger charge is -2.18. The summed E-state index contributed by atoms with van der Waals surface area (Å²) in [6.07, 6.45) is 4.36. The van der Waals surface area contributed by atoms with E-state index in [4.69, 9.17) is 0 Å². The Morgan fingerprint density at radius 2 is 1.97 bits per heavy atom. The van der Waals surface area contributed by atoms with E-state index in [-0.39, 0.29) is 17.6 Å². The quantitative estimate of drug-likeness (QED) is 0.452. The molecule has 1 N–H and O–H groups in total. The van der Waals surface area contributed by atoms with Crippen LogP contribution in [0.3, 0.4) is 0 Å². The van der Waals surface area contributed by atoms with Gasteiger partial charge in [-0.25, -0.2) is 9.37 Å². The molecule has 176 valence electrons. The number of likely N-dealkylation sites (N-methyl/N-ethyl adjacent to an activating group) is 1. The number of aromatic nitrogens is 4. The average molecular weight is 463 g/mol. The molecule has 0 saturated heterocycles. The van der Waals surface area contributed by atoms with E-state index in [0.717, 1.165) is 5.56 Å². The minimum atomic E-state index is -0.389. The molecule has 8 nitrogen and oxygen atoms in total. The highest BCUT2D eigenvalue weighted by atomic mass is 19.1. The molecule has 0 atom stereocenters. The van der Waals surface area contributed by atoms with Gasteiger partial charge in [0.25, 0.3) is 5.91 Å². The van der Waals surface area contributed by atoms with Crippen molar-refractivity contribution in [2.24, 2.45) is 7.05 Å². The van der Waals surface area contributed by atoms with Crippen LogP contribution in [0.2, 0.25) is 0 Å². The third kappa shape index (κ3) is 4.54. The van der Waals surface area contributed by atoms with Crippen LogP contribution in [0.1, 0.15) is 29.8 Å². The van der Waals surface area contributed by atoms with Gasteiger partial charge in [0.05, 0.1) is 28.5 Å². The predicted molar refractivity (Wildman–Crippen MR) is 129 cm³/mol. The van der Waals surface area contributed by atoms with Crippen molar-refractivity contribution in [1.82, 2.24) is 24.2 Å². The van der Waals surface area contributed by atoms with Crippen LogP contribution in [0.4, 0.5) is 10.1 Å². The number of amides is 2. The van der Waals surface area contributed by atoms with Gasteiger partial charge in [0.15, 0.2) is 0 Å². The fourth-order valence-corrected chi connectivity index (χ4v) is 4.05. The number of anilines is 1. The molecule has 0 aliphatic carbocycles. The van der Waals surface area contributed by atoms with Crippen LogP contribution in [-0.2, 0) is 24.8 Å². The van der Waals surface area contributed by atoms with Crippen LogP contribution in [-0.4, -0.2) is 49.6 Å². The van der Waals surface area contributed by atoms with Crippen molar-refractivity contribution in [2.75, 3.05) is 18.9 Å². The van der Waals surface area contributed by atoms with Crippen molar-refractivity contribution in [3.05, 3.63) is 65.7 Å². The third-order valence-corrected chi connectivity index (χ3v) is 5.67. The summed E-state index contributed by atoms with van der Waals surface area (Å²) < 4.78 is 18.2. The zero-order valence-electron chi connectivity index (χ0n) is 19.7. The van der Waals surface area contributed by atoms with E-state index < -0.39 is 0 Å². The maximum Gasteiger partial charge on any atom is 0.253 e. The molecule has 9 heteroatoms. The minimum absolute atomic E-state index is 0.198. The molecule has 0 aliphatic rings. The van der Waals surface area contributed by atoms with Crippen molar-refractivity contribution in [2.45, 2.75) is 26.8 Å². The second-order valence-electron chi connectivity index (χ2n) is 8.23. The van der Waals surface area contributed by atoms with E-state index in [1.54, 1.807) is 53.2 Å². The molecule has 2 heterocycles. The molecule has 0 spiro atoms. The summed E-state index contributed by atoms with van der Waals surface area (Å²) in [7, 11) is 3.58. The molecule has 0 aliphatic heterocycles. The number of fused-ring (bicyclic) bond motifs is 1. The summed E-state index contributed by atoms with van der Waals surface area (Å²) in [6, 6.07) is 9.78. The standard InChI is InChI=1S/C25H27FN6O2/c1-5-32-23-21(28-16(2)33)12-18(25(34)30(3)11-10-17-14-27-31(4)15-17)13-22(23)29-24(32)19-8-6-7-9-20(19)26/h6-9,12-15H,5,10-11H2,1-4H3,(H,28,33). The highest BCUT2D eigenvalue weighted by Crippen LogP contribution is 2.32. The number of carbonyl (C=O) groups is 2. The summed E-state index contributed by atoms with van der Waals surface area (Å²) in [4.78, 5) is 31.5. The van der Waals surface area contributed by atoms with Crippen LogP contribution in [0, 0.1) is 5.82 Å². The van der Waals surface area contributed by atoms with Gasteiger partial charge in [0, 0.05) is 45.9 Å². The molecule has 0 saturated carbocycles. The number of nitrogens with one attached hydrogen (secondary N) is 1. The number of halogens is 1. The van der Waals surface area contributed by atoms with Crippen molar-refractivity contribution < 1.29 is 14.0 Å². The summed E-state index contributed by atoms with van der Waals surface area (Å²) in [5, 5.41) is 6.98. The largest absolute Gasteiger partial charge is 0.341 e. The molecule has 2 aromatic heterocycles. The van der Waals surface area contributed by atoms with E-state index in [0.29, 0.717) is 53.2 Å². The van der Waals surface area contributed by atoms with Gasteiger partial charge in [-0.1, -0.05) is 12.1 Å². The lowest BCUT2D eigenvalue weighted by Crippen LogP contribution is -2.29. The van der Waals surface area contributed by atoms with Gasteiger partial charge in [0.2, 0.25) is 5.91 Å². The monoisotopic (exact) mass is 462 g/mol. The molecular weight excluding hydrogens is 435 g/mol. The smallest absolute Gasteiger partial charge is 0.253 e. The molecule has 0 bridgehead atoms. The number of hydrogen-bond donors (Lipinski definition) is 1. The van der Waals surface area contributed by atoms with Gasteiger partial charge in [-0.15, -0.1) is 0 Å². The molecule has 4 aromatic rings. The first-order chi connectivity index (χ1) is 16.3. The maximum absolute atomic E-state index is 14.6. The Morgan fingerprint density at radius 3 is 2.62 bits per heavy atom. The zero-order valence-corrected chi connectivity index (χ0v) is 19.7. The van der Waals surface area contributed by atoms with Gasteiger partial charge in [-0.3, -0.25) is 14.3 Å². The van der Waals surface area contributed by atoms with Crippen LogP contribution in [0.15, 0.2) is 48.8 Å². The number of aryl methyl sites for hydroxylation is 2. The first-order valence-corrected chi connectivity index (χ1v) is 11.1. The number of imidazole rings is 1. The Kier molecular flexibility index (Phi) is 6.45. The van der Waals surface area contributed by atoms with Crippen molar-refractivity contribution in [3.8, 4) is 11.4 Å². The number of benzene rings is 2. The summed E-state index contributed by atoms with van der Waals surface area (Å²) in [5.41, 5.74) is 3.40. The van der Waals surface area contributed by atoms with Crippen LogP contribution < -0.4 is 5.32 Å². The first kappa shape index (κ1) is 23.2. The maximum atomic E-state index is 14.6. The molecule has 34 heavy (non-hydrogen) atoms. The molecule has 2 aromatic carbocycles. The lowest BCUT2D eigenvalue weighted by molar-refractivity contribution is -0.114. The van der Waals surface area contributed by atoms with Crippen molar-refractivity contribution >= 4 is 28.5 Å². The SMILES string of the molecule is CCn1c(-c2ccccc2F)nc2cc(C(=O)N(C)CCc3cnn(C)c3)cc(NC(C)=O)c21. The Hall–Kier alpha value is -4.01. The predicted octanol–water partition coefficient (Wildman–Crippen LogP) is 3.87. The normalized spacial score (nSPS) is 11.1. The summed E-state index contributed by atoms with van der Waals surface area (Å²) >= 11 is 0. The Balaban J connectivity index is 1.75. The van der Waals surface area contributed by atoms with E-state index in [9.17, 15) is 14.0 Å². The van der Waals surface area contributed by atoms with Gasteiger partial charge >= 0.3 is 0 Å². The average Bonchev–Trinajstić information content (AvgIpc) is 3.39. The Labute approximate surface area is 197 Å². The van der Waals surface area contributed by atoms with E-state index in [1.807, 2.05) is 24.7 Å². The highest BCUT2D eigenvalue weighted by Gasteiger charge is 2.21. The second-order valence-corrected chi connectivity index (χ2v) is 8.23. The summed E-state index contributed by atoms with van der Waals surface area (Å²) in [6.45, 7) is 4.34. The highest BCUT2D eigenvalue weighted by molar-refractivity contribution is 6.05. The lowest BCUT2D eigenvalue weighted by atomic mass is 10.1.